The Balaban J connectivity index is 1.61. The largest absolute Gasteiger partial charge is 0.466 e. The summed E-state index contributed by atoms with van der Waals surface area (Å²) in [5.74, 6) is 2.69. The first-order valence-electron chi connectivity index (χ1n) is 9.45. The lowest BCUT2D eigenvalue weighted by molar-refractivity contribution is 0.500. The molecule has 1 fully saturated rings. The van der Waals surface area contributed by atoms with Gasteiger partial charge in [0.1, 0.15) is 11.5 Å². The molecule has 1 aromatic carbocycles. The fraction of sp³-hybridized carbons (Fsp3) is 0.476. The van der Waals surface area contributed by atoms with Crippen LogP contribution >= 0.6 is 0 Å². The molecule has 0 radical (unpaired) electrons. The second kappa shape index (κ2) is 8.30. The second-order valence-electron chi connectivity index (χ2n) is 7.02. The number of guanidine groups is 1. The van der Waals surface area contributed by atoms with Crippen molar-refractivity contribution < 1.29 is 4.42 Å². The van der Waals surface area contributed by atoms with Gasteiger partial charge in [0.25, 0.3) is 0 Å². The highest BCUT2D eigenvalue weighted by atomic mass is 16.3. The van der Waals surface area contributed by atoms with Crippen molar-refractivity contribution in [1.82, 2.24) is 10.6 Å². The molecule has 0 bridgehead atoms. The van der Waals surface area contributed by atoms with E-state index in [1.165, 1.54) is 24.1 Å². The first kappa shape index (κ1) is 18.4. The number of hydrogen-bond donors (Lipinski definition) is 2. The van der Waals surface area contributed by atoms with Gasteiger partial charge >= 0.3 is 0 Å². The molecule has 0 spiro atoms. The first-order chi connectivity index (χ1) is 12.6. The van der Waals surface area contributed by atoms with Gasteiger partial charge in [-0.1, -0.05) is 12.1 Å². The molecular formula is C21H30N4O. The van der Waals surface area contributed by atoms with Gasteiger partial charge in [-0.05, 0) is 57.4 Å². The van der Waals surface area contributed by atoms with Gasteiger partial charge in [0, 0.05) is 37.9 Å². The van der Waals surface area contributed by atoms with Gasteiger partial charge in [-0.3, -0.25) is 4.99 Å². The molecule has 1 atom stereocenters. The molecule has 140 valence electrons. The van der Waals surface area contributed by atoms with Gasteiger partial charge in [0.15, 0.2) is 5.96 Å². The van der Waals surface area contributed by atoms with Crippen molar-refractivity contribution in [2.45, 2.75) is 46.2 Å². The summed E-state index contributed by atoms with van der Waals surface area (Å²) in [5, 5.41) is 6.87. The highest BCUT2D eigenvalue weighted by molar-refractivity contribution is 5.80. The van der Waals surface area contributed by atoms with Crippen LogP contribution in [0.3, 0.4) is 0 Å². The zero-order valence-electron chi connectivity index (χ0n) is 16.3. The van der Waals surface area contributed by atoms with E-state index >= 15 is 0 Å². The van der Waals surface area contributed by atoms with Crippen molar-refractivity contribution in [3.8, 4) is 0 Å². The van der Waals surface area contributed by atoms with E-state index in [1.807, 2.05) is 13.8 Å². The Morgan fingerprint density at radius 1 is 1.23 bits per heavy atom. The SMILES string of the molecule is CN=C(NCc1cc(C)oc1C)NC(C)c1cccc(N2CCCC2)c1. The van der Waals surface area contributed by atoms with E-state index in [1.54, 1.807) is 7.05 Å². The summed E-state index contributed by atoms with van der Waals surface area (Å²) in [5.41, 5.74) is 3.75. The van der Waals surface area contributed by atoms with Crippen LogP contribution in [0.25, 0.3) is 0 Å². The minimum atomic E-state index is 0.177. The molecule has 1 aliphatic heterocycles. The Hall–Kier alpha value is -2.43. The number of hydrogen-bond acceptors (Lipinski definition) is 3. The van der Waals surface area contributed by atoms with Gasteiger partial charge in [-0.25, -0.2) is 0 Å². The number of nitrogens with zero attached hydrogens (tertiary/aromatic N) is 2. The van der Waals surface area contributed by atoms with E-state index in [2.05, 4.69) is 57.8 Å². The van der Waals surface area contributed by atoms with Crippen LogP contribution in [0.1, 0.15) is 48.5 Å². The molecule has 1 aromatic heterocycles. The molecule has 0 amide bonds. The van der Waals surface area contributed by atoms with Gasteiger partial charge in [0.2, 0.25) is 0 Å². The fourth-order valence-corrected chi connectivity index (χ4v) is 3.49. The van der Waals surface area contributed by atoms with Crippen molar-refractivity contribution in [2.75, 3.05) is 25.0 Å². The minimum Gasteiger partial charge on any atom is -0.466 e. The average Bonchev–Trinajstić information content (AvgIpc) is 3.28. The van der Waals surface area contributed by atoms with E-state index in [0.29, 0.717) is 6.54 Å². The maximum Gasteiger partial charge on any atom is 0.191 e. The average molecular weight is 354 g/mol. The smallest absolute Gasteiger partial charge is 0.191 e. The molecule has 26 heavy (non-hydrogen) atoms. The molecule has 0 aliphatic carbocycles. The molecule has 3 rings (SSSR count). The monoisotopic (exact) mass is 354 g/mol. The van der Waals surface area contributed by atoms with Crippen LogP contribution in [0, 0.1) is 13.8 Å². The van der Waals surface area contributed by atoms with Crippen LogP contribution in [-0.4, -0.2) is 26.1 Å². The standard InChI is InChI=1S/C21H30N4O/c1-15-12-19(17(3)26-15)14-23-21(22-4)24-16(2)18-8-7-9-20(13-18)25-10-5-6-11-25/h7-9,12-13,16H,5-6,10-11,14H2,1-4H3,(H2,22,23,24). The molecule has 1 unspecified atom stereocenters. The molecule has 0 saturated carbocycles. The summed E-state index contributed by atoms with van der Waals surface area (Å²) in [7, 11) is 1.80. The van der Waals surface area contributed by atoms with E-state index in [-0.39, 0.29) is 6.04 Å². The number of rotatable bonds is 5. The molecule has 1 aliphatic rings. The maximum atomic E-state index is 5.59. The minimum absolute atomic E-state index is 0.177. The number of aliphatic imine (C=N–C) groups is 1. The predicted molar refractivity (Wildman–Crippen MR) is 108 cm³/mol. The molecule has 5 nitrogen and oxygen atoms in total. The molecule has 2 heterocycles. The highest BCUT2D eigenvalue weighted by Gasteiger charge is 2.14. The number of furan rings is 1. The van der Waals surface area contributed by atoms with Gasteiger partial charge in [-0.2, -0.15) is 0 Å². The third kappa shape index (κ3) is 4.40. The van der Waals surface area contributed by atoms with Crippen LogP contribution in [-0.2, 0) is 6.54 Å². The Kier molecular flexibility index (Phi) is 5.86. The topological polar surface area (TPSA) is 52.8 Å². The third-order valence-corrected chi connectivity index (χ3v) is 5.01. The number of nitrogens with one attached hydrogen (secondary N) is 2. The summed E-state index contributed by atoms with van der Waals surface area (Å²) >= 11 is 0. The summed E-state index contributed by atoms with van der Waals surface area (Å²) in [6.07, 6.45) is 2.59. The fourth-order valence-electron chi connectivity index (χ4n) is 3.49. The highest BCUT2D eigenvalue weighted by Crippen LogP contribution is 2.24. The van der Waals surface area contributed by atoms with Gasteiger partial charge in [0.05, 0.1) is 6.04 Å². The first-order valence-corrected chi connectivity index (χ1v) is 9.45. The van der Waals surface area contributed by atoms with E-state index in [4.69, 9.17) is 4.42 Å². The molecule has 1 saturated heterocycles. The number of aryl methyl sites for hydroxylation is 2. The van der Waals surface area contributed by atoms with Crippen molar-refractivity contribution in [2.24, 2.45) is 4.99 Å². The summed E-state index contributed by atoms with van der Waals surface area (Å²) in [6.45, 7) is 9.16. The van der Waals surface area contributed by atoms with Crippen molar-refractivity contribution in [1.29, 1.82) is 0 Å². The Labute approximate surface area is 156 Å². The summed E-state index contributed by atoms with van der Waals surface area (Å²) in [4.78, 5) is 6.82. The van der Waals surface area contributed by atoms with Gasteiger partial charge < -0.3 is 20.0 Å². The van der Waals surface area contributed by atoms with Crippen LogP contribution < -0.4 is 15.5 Å². The molecule has 5 heteroatoms. The van der Waals surface area contributed by atoms with Crippen LogP contribution in [0.5, 0.6) is 0 Å². The molecule has 2 N–H and O–H groups in total. The molecule has 2 aromatic rings. The zero-order valence-corrected chi connectivity index (χ0v) is 16.3. The predicted octanol–water partition coefficient (Wildman–Crippen LogP) is 3.92. The summed E-state index contributed by atoms with van der Waals surface area (Å²) < 4.78 is 5.59. The Morgan fingerprint density at radius 3 is 2.65 bits per heavy atom. The lowest BCUT2D eigenvalue weighted by Crippen LogP contribution is -2.38. The molecular weight excluding hydrogens is 324 g/mol. The number of benzene rings is 1. The van der Waals surface area contributed by atoms with Crippen LogP contribution in [0.4, 0.5) is 5.69 Å². The van der Waals surface area contributed by atoms with Crippen LogP contribution in [0.15, 0.2) is 39.7 Å². The Bertz CT molecular complexity index is 759. The quantitative estimate of drug-likeness (QED) is 0.631. The van der Waals surface area contributed by atoms with E-state index in [0.717, 1.165) is 36.1 Å². The van der Waals surface area contributed by atoms with Gasteiger partial charge in [-0.15, -0.1) is 0 Å². The zero-order chi connectivity index (χ0) is 18.5. The normalized spacial score (nSPS) is 16.0. The Morgan fingerprint density at radius 2 is 2.00 bits per heavy atom. The van der Waals surface area contributed by atoms with Crippen molar-refractivity contribution in [3.05, 3.63) is 53.0 Å². The lowest BCUT2D eigenvalue weighted by atomic mass is 10.1. The second-order valence-corrected chi connectivity index (χ2v) is 7.02. The number of anilines is 1. The van der Waals surface area contributed by atoms with Crippen LogP contribution in [0.2, 0.25) is 0 Å². The van der Waals surface area contributed by atoms with Crippen molar-refractivity contribution >= 4 is 11.6 Å². The van der Waals surface area contributed by atoms with Crippen molar-refractivity contribution in [3.63, 3.8) is 0 Å². The van der Waals surface area contributed by atoms with E-state index in [9.17, 15) is 0 Å². The van der Waals surface area contributed by atoms with E-state index < -0.39 is 0 Å². The lowest BCUT2D eigenvalue weighted by Gasteiger charge is -2.22. The summed E-state index contributed by atoms with van der Waals surface area (Å²) in [6, 6.07) is 11.1. The maximum absolute atomic E-state index is 5.59. The third-order valence-electron chi connectivity index (χ3n) is 5.01.